The van der Waals surface area contributed by atoms with Gasteiger partial charge < -0.3 is 10.2 Å². The molecule has 0 saturated carbocycles. The Bertz CT molecular complexity index is 783. The molecule has 0 radical (unpaired) electrons. The summed E-state index contributed by atoms with van der Waals surface area (Å²) >= 11 is 0. The van der Waals surface area contributed by atoms with Crippen molar-refractivity contribution >= 4 is 17.4 Å². The highest BCUT2D eigenvalue weighted by Gasteiger charge is 2.19. The fourth-order valence-corrected chi connectivity index (χ4v) is 2.92. The van der Waals surface area contributed by atoms with Gasteiger partial charge in [-0.1, -0.05) is 19.1 Å². The second-order valence-electron chi connectivity index (χ2n) is 6.07. The van der Waals surface area contributed by atoms with E-state index in [4.69, 9.17) is 5.26 Å². The summed E-state index contributed by atoms with van der Waals surface area (Å²) in [6, 6.07) is 10.7. The van der Waals surface area contributed by atoms with Crippen LogP contribution in [0.1, 0.15) is 35.8 Å². The molecule has 1 aromatic heterocycles. The fourth-order valence-electron chi connectivity index (χ4n) is 2.92. The monoisotopic (exact) mass is 321 g/mol. The molecule has 1 saturated heterocycles. The number of nitrogens with zero attached hydrogens (tertiary/aromatic N) is 4. The molecule has 2 heterocycles. The molecule has 6 heteroatoms. The maximum atomic E-state index is 12.5. The van der Waals surface area contributed by atoms with Crippen LogP contribution in [0.5, 0.6) is 0 Å². The summed E-state index contributed by atoms with van der Waals surface area (Å²) < 4.78 is 0. The molecular formula is C18H19N5O. The first kappa shape index (κ1) is 15.9. The van der Waals surface area contributed by atoms with E-state index < -0.39 is 0 Å². The van der Waals surface area contributed by atoms with Gasteiger partial charge in [-0.25, -0.2) is 9.97 Å². The Labute approximate surface area is 141 Å². The summed E-state index contributed by atoms with van der Waals surface area (Å²) in [4.78, 5) is 23.0. The Kier molecular flexibility index (Phi) is 4.71. The summed E-state index contributed by atoms with van der Waals surface area (Å²) in [5.74, 6) is 1.05. The van der Waals surface area contributed by atoms with Crippen molar-refractivity contribution in [3.05, 3.63) is 47.9 Å². The Morgan fingerprint density at radius 1 is 1.38 bits per heavy atom. The number of hydrogen-bond acceptors (Lipinski definition) is 5. The molecule has 3 rings (SSSR count). The number of amides is 1. The van der Waals surface area contributed by atoms with Crippen LogP contribution in [0.4, 0.5) is 11.5 Å². The molecule has 0 aliphatic carbocycles. The van der Waals surface area contributed by atoms with Gasteiger partial charge in [-0.2, -0.15) is 5.26 Å². The molecule has 0 spiro atoms. The normalized spacial score (nSPS) is 17.2. The number of piperidine rings is 1. The SMILES string of the molecule is CC1CCCN(c2cc(C(=O)Nc3ccccc3C#N)ncn2)C1. The summed E-state index contributed by atoms with van der Waals surface area (Å²) in [7, 11) is 0. The third-order valence-corrected chi connectivity index (χ3v) is 4.16. The van der Waals surface area contributed by atoms with Crippen molar-refractivity contribution in [3.8, 4) is 6.07 Å². The van der Waals surface area contributed by atoms with Crippen molar-refractivity contribution in [1.29, 1.82) is 5.26 Å². The number of anilines is 2. The average molecular weight is 321 g/mol. The van der Waals surface area contributed by atoms with E-state index in [0.717, 1.165) is 25.3 Å². The molecule has 0 bridgehead atoms. The van der Waals surface area contributed by atoms with Crippen molar-refractivity contribution in [1.82, 2.24) is 9.97 Å². The fraction of sp³-hybridized carbons (Fsp3) is 0.333. The second kappa shape index (κ2) is 7.09. The number of nitrogens with one attached hydrogen (secondary N) is 1. The molecule has 1 fully saturated rings. The molecule has 1 N–H and O–H groups in total. The zero-order chi connectivity index (χ0) is 16.9. The molecule has 1 aliphatic rings. The first-order valence-electron chi connectivity index (χ1n) is 8.05. The Hall–Kier alpha value is -2.94. The highest BCUT2D eigenvalue weighted by Crippen LogP contribution is 2.21. The number of aromatic nitrogens is 2. The molecular weight excluding hydrogens is 302 g/mol. The molecule has 1 atom stereocenters. The van der Waals surface area contributed by atoms with Crippen molar-refractivity contribution in [2.45, 2.75) is 19.8 Å². The largest absolute Gasteiger partial charge is 0.356 e. The summed E-state index contributed by atoms with van der Waals surface area (Å²) in [6.45, 7) is 4.11. The van der Waals surface area contributed by atoms with Crippen LogP contribution < -0.4 is 10.2 Å². The quantitative estimate of drug-likeness (QED) is 0.940. The van der Waals surface area contributed by atoms with E-state index >= 15 is 0 Å². The van der Waals surface area contributed by atoms with Gasteiger partial charge in [0, 0.05) is 19.2 Å². The summed E-state index contributed by atoms with van der Waals surface area (Å²) in [5, 5.41) is 11.9. The van der Waals surface area contributed by atoms with Crippen LogP contribution in [-0.2, 0) is 0 Å². The molecule has 122 valence electrons. The van der Waals surface area contributed by atoms with Crippen LogP contribution in [-0.4, -0.2) is 29.0 Å². The number of carbonyl (C=O) groups excluding carboxylic acids is 1. The van der Waals surface area contributed by atoms with Gasteiger partial charge in [0.15, 0.2) is 0 Å². The third kappa shape index (κ3) is 3.51. The Morgan fingerprint density at radius 3 is 3.00 bits per heavy atom. The van der Waals surface area contributed by atoms with Gasteiger partial charge in [0.05, 0.1) is 11.3 Å². The van der Waals surface area contributed by atoms with Gasteiger partial charge in [-0.15, -0.1) is 0 Å². The van der Waals surface area contributed by atoms with Gasteiger partial charge in [0.25, 0.3) is 5.91 Å². The van der Waals surface area contributed by atoms with Gasteiger partial charge >= 0.3 is 0 Å². The van der Waals surface area contributed by atoms with Crippen LogP contribution >= 0.6 is 0 Å². The number of carbonyl (C=O) groups is 1. The third-order valence-electron chi connectivity index (χ3n) is 4.16. The lowest BCUT2D eigenvalue weighted by molar-refractivity contribution is 0.102. The predicted molar refractivity (Wildman–Crippen MR) is 91.8 cm³/mol. The molecule has 1 aliphatic heterocycles. The second-order valence-corrected chi connectivity index (χ2v) is 6.07. The first-order chi connectivity index (χ1) is 11.7. The summed E-state index contributed by atoms with van der Waals surface area (Å²) in [5.41, 5.74) is 1.20. The maximum Gasteiger partial charge on any atom is 0.274 e. The van der Waals surface area contributed by atoms with Crippen LogP contribution in [0.3, 0.4) is 0 Å². The topological polar surface area (TPSA) is 81.9 Å². The number of hydrogen-bond donors (Lipinski definition) is 1. The molecule has 6 nitrogen and oxygen atoms in total. The van der Waals surface area contributed by atoms with Crippen molar-refractivity contribution in [3.63, 3.8) is 0 Å². The smallest absolute Gasteiger partial charge is 0.274 e. The average Bonchev–Trinajstić information content (AvgIpc) is 2.62. The highest BCUT2D eigenvalue weighted by atomic mass is 16.1. The van der Waals surface area contributed by atoms with E-state index in [-0.39, 0.29) is 5.91 Å². The number of para-hydroxylation sites is 1. The van der Waals surface area contributed by atoms with E-state index in [1.165, 1.54) is 12.7 Å². The van der Waals surface area contributed by atoms with Gasteiger partial charge in [-0.05, 0) is 30.9 Å². The molecule has 1 aromatic carbocycles. The van der Waals surface area contributed by atoms with Gasteiger partial charge in [0.2, 0.25) is 0 Å². The number of rotatable bonds is 3. The minimum atomic E-state index is -0.341. The van der Waals surface area contributed by atoms with E-state index in [1.807, 2.05) is 0 Å². The van der Waals surface area contributed by atoms with Gasteiger partial charge in [-0.3, -0.25) is 4.79 Å². The van der Waals surface area contributed by atoms with Crippen LogP contribution in [0.2, 0.25) is 0 Å². The van der Waals surface area contributed by atoms with Crippen LogP contribution in [0.15, 0.2) is 36.7 Å². The van der Waals surface area contributed by atoms with E-state index in [9.17, 15) is 4.79 Å². The standard InChI is InChI=1S/C18H19N5O/c1-13-5-4-8-23(11-13)17-9-16(20-12-21-17)18(24)22-15-7-3-2-6-14(15)10-19/h2-3,6-7,9,12-13H,4-5,8,11H2,1H3,(H,22,24). The lowest BCUT2D eigenvalue weighted by Gasteiger charge is -2.31. The Morgan fingerprint density at radius 2 is 2.21 bits per heavy atom. The molecule has 1 amide bonds. The lowest BCUT2D eigenvalue weighted by atomic mass is 10.0. The minimum absolute atomic E-state index is 0.297. The highest BCUT2D eigenvalue weighted by molar-refractivity contribution is 6.03. The zero-order valence-electron chi connectivity index (χ0n) is 13.6. The van der Waals surface area contributed by atoms with Crippen LogP contribution in [0, 0.1) is 17.2 Å². The van der Waals surface area contributed by atoms with E-state index in [1.54, 1.807) is 30.3 Å². The first-order valence-corrected chi connectivity index (χ1v) is 8.05. The molecule has 1 unspecified atom stereocenters. The van der Waals surface area contributed by atoms with E-state index in [0.29, 0.717) is 22.9 Å². The Balaban J connectivity index is 1.78. The number of benzene rings is 1. The summed E-state index contributed by atoms with van der Waals surface area (Å²) in [6.07, 6.45) is 3.77. The molecule has 2 aromatic rings. The lowest BCUT2D eigenvalue weighted by Crippen LogP contribution is -2.35. The van der Waals surface area contributed by atoms with Crippen molar-refractivity contribution in [2.75, 3.05) is 23.3 Å². The van der Waals surface area contributed by atoms with Crippen LogP contribution in [0.25, 0.3) is 0 Å². The minimum Gasteiger partial charge on any atom is -0.356 e. The van der Waals surface area contributed by atoms with E-state index in [2.05, 4.69) is 33.2 Å². The van der Waals surface area contributed by atoms with Gasteiger partial charge in [0.1, 0.15) is 23.9 Å². The maximum absolute atomic E-state index is 12.5. The zero-order valence-corrected chi connectivity index (χ0v) is 13.6. The van der Waals surface area contributed by atoms with Crippen molar-refractivity contribution in [2.24, 2.45) is 5.92 Å². The predicted octanol–water partition coefficient (Wildman–Crippen LogP) is 2.84. The number of nitriles is 1. The van der Waals surface area contributed by atoms with Crippen molar-refractivity contribution < 1.29 is 4.79 Å². The molecule has 24 heavy (non-hydrogen) atoms.